The first-order valence-electron chi connectivity index (χ1n) is 6.19. The van der Waals surface area contributed by atoms with E-state index >= 15 is 0 Å². The molecule has 1 atom stereocenters. The Morgan fingerprint density at radius 3 is 2.44 bits per heavy atom. The normalized spacial score (nSPS) is 12.3. The molecule has 0 unspecified atom stereocenters. The number of hydrogen-bond donors (Lipinski definition) is 0. The van der Waals surface area contributed by atoms with Crippen LogP contribution in [0.4, 0.5) is 0 Å². The number of benzene rings is 2. The molecule has 0 saturated heterocycles. The lowest BCUT2D eigenvalue weighted by Crippen LogP contribution is -2.19. The predicted octanol–water partition coefficient (Wildman–Crippen LogP) is 3.49. The van der Waals surface area contributed by atoms with E-state index in [4.69, 9.17) is 0 Å². The fraction of sp³-hybridized carbons (Fsp3) is 0.250. The fourth-order valence-corrected chi connectivity index (χ4v) is 2.19. The van der Waals surface area contributed by atoms with Gasteiger partial charge >= 0.3 is 0 Å². The highest BCUT2D eigenvalue weighted by atomic mass is 16.2. The van der Waals surface area contributed by atoms with Crippen LogP contribution in [0.5, 0.6) is 0 Å². The van der Waals surface area contributed by atoms with Crippen molar-refractivity contribution in [3.05, 3.63) is 48.0 Å². The van der Waals surface area contributed by atoms with Crippen molar-refractivity contribution in [3.63, 3.8) is 0 Å². The molecule has 0 aliphatic rings. The summed E-state index contributed by atoms with van der Waals surface area (Å²) in [5, 5.41) is 2.14. The molecule has 0 saturated carbocycles. The lowest BCUT2D eigenvalue weighted by molar-refractivity contribution is -0.137. The van der Waals surface area contributed by atoms with E-state index < -0.39 is 0 Å². The van der Waals surface area contributed by atoms with Gasteiger partial charge in [0.2, 0.25) is 5.78 Å². The Balaban J connectivity index is 2.48. The van der Waals surface area contributed by atoms with Crippen LogP contribution in [-0.2, 0) is 9.59 Å². The quantitative estimate of drug-likeness (QED) is 0.766. The highest BCUT2D eigenvalue weighted by Crippen LogP contribution is 2.26. The maximum Gasteiger partial charge on any atom is 0.205 e. The topological polar surface area (TPSA) is 34.1 Å². The molecule has 2 aromatic rings. The number of carbonyl (C=O) groups excluding carboxylic acids is 2. The van der Waals surface area contributed by atoms with Crippen LogP contribution < -0.4 is 0 Å². The molecule has 0 aromatic heterocycles. The summed E-state index contributed by atoms with van der Waals surface area (Å²) in [7, 11) is 0. The third kappa shape index (κ3) is 2.19. The van der Waals surface area contributed by atoms with Crippen LogP contribution in [-0.4, -0.2) is 11.6 Å². The van der Waals surface area contributed by atoms with Crippen molar-refractivity contribution in [2.75, 3.05) is 0 Å². The van der Waals surface area contributed by atoms with Gasteiger partial charge in [-0.25, -0.2) is 0 Å². The van der Waals surface area contributed by atoms with Gasteiger partial charge in [0.25, 0.3) is 0 Å². The summed E-state index contributed by atoms with van der Waals surface area (Å²) in [4.78, 5) is 23.5. The summed E-state index contributed by atoms with van der Waals surface area (Å²) in [5.74, 6) is -0.965. The van der Waals surface area contributed by atoms with E-state index in [1.165, 1.54) is 0 Å². The molecule has 0 fully saturated rings. The molecule has 18 heavy (non-hydrogen) atoms. The largest absolute Gasteiger partial charge is 0.291 e. The summed E-state index contributed by atoms with van der Waals surface area (Å²) < 4.78 is 0. The summed E-state index contributed by atoms with van der Waals surface area (Å²) in [6.45, 7) is 3.52. The van der Waals surface area contributed by atoms with Gasteiger partial charge in [-0.15, -0.1) is 0 Å². The van der Waals surface area contributed by atoms with E-state index in [1.54, 1.807) is 13.8 Å². The van der Waals surface area contributed by atoms with E-state index in [0.29, 0.717) is 0 Å². The number of carbonyl (C=O) groups is 2. The first-order chi connectivity index (χ1) is 8.65. The molecule has 0 spiro atoms. The zero-order valence-corrected chi connectivity index (χ0v) is 10.6. The molecular weight excluding hydrogens is 224 g/mol. The summed E-state index contributed by atoms with van der Waals surface area (Å²) in [6, 6.07) is 13.8. The Bertz CT molecular complexity index is 594. The van der Waals surface area contributed by atoms with Gasteiger partial charge in [-0.05, 0) is 16.3 Å². The molecule has 0 bridgehead atoms. The van der Waals surface area contributed by atoms with Crippen LogP contribution in [0.25, 0.3) is 10.8 Å². The van der Waals surface area contributed by atoms with Gasteiger partial charge in [0, 0.05) is 12.3 Å². The molecule has 2 nitrogen and oxygen atoms in total. The highest BCUT2D eigenvalue weighted by molar-refractivity contribution is 6.39. The van der Waals surface area contributed by atoms with Crippen molar-refractivity contribution >= 4 is 22.3 Å². The first kappa shape index (κ1) is 12.5. The fourth-order valence-electron chi connectivity index (χ4n) is 2.19. The zero-order chi connectivity index (χ0) is 13.1. The average Bonchev–Trinajstić information content (AvgIpc) is 2.44. The van der Waals surface area contributed by atoms with Crippen LogP contribution in [0.3, 0.4) is 0 Å². The second kappa shape index (κ2) is 5.13. The SMILES string of the molecule is CCC(=O)C(=O)[C@@H](C)c1cccc2ccccc12. The van der Waals surface area contributed by atoms with Crippen LogP contribution >= 0.6 is 0 Å². The van der Waals surface area contributed by atoms with Crippen molar-refractivity contribution in [1.29, 1.82) is 0 Å². The zero-order valence-electron chi connectivity index (χ0n) is 10.6. The van der Waals surface area contributed by atoms with Crippen molar-refractivity contribution in [3.8, 4) is 0 Å². The second-order valence-electron chi connectivity index (χ2n) is 4.43. The molecular formula is C16H16O2. The average molecular weight is 240 g/mol. The standard InChI is InChI=1S/C16H16O2/c1-3-15(17)16(18)11(2)13-10-6-8-12-7-4-5-9-14(12)13/h4-11H,3H2,1-2H3/t11-/m0/s1. The molecule has 0 N–H and O–H groups in total. The molecule has 0 aliphatic carbocycles. The molecule has 2 heteroatoms. The molecule has 0 heterocycles. The predicted molar refractivity (Wildman–Crippen MR) is 72.7 cm³/mol. The number of ketones is 2. The second-order valence-corrected chi connectivity index (χ2v) is 4.43. The lowest BCUT2D eigenvalue weighted by Gasteiger charge is -2.12. The molecule has 2 aromatic carbocycles. The summed E-state index contributed by atoms with van der Waals surface area (Å²) in [6.07, 6.45) is 0.272. The van der Waals surface area contributed by atoms with E-state index in [1.807, 2.05) is 42.5 Å². The Hall–Kier alpha value is -1.96. The van der Waals surface area contributed by atoms with E-state index in [9.17, 15) is 9.59 Å². The van der Waals surface area contributed by atoms with Crippen LogP contribution in [0.2, 0.25) is 0 Å². The van der Waals surface area contributed by atoms with Crippen LogP contribution in [0.15, 0.2) is 42.5 Å². The number of hydrogen-bond acceptors (Lipinski definition) is 2. The number of rotatable bonds is 4. The van der Waals surface area contributed by atoms with E-state index in [0.717, 1.165) is 16.3 Å². The Kier molecular flexibility index (Phi) is 3.56. The third-order valence-electron chi connectivity index (χ3n) is 3.28. The molecule has 2 rings (SSSR count). The minimum Gasteiger partial charge on any atom is -0.291 e. The van der Waals surface area contributed by atoms with Gasteiger partial charge < -0.3 is 0 Å². The Labute approximate surface area is 107 Å². The van der Waals surface area contributed by atoms with Gasteiger partial charge in [-0.3, -0.25) is 9.59 Å². The van der Waals surface area contributed by atoms with Gasteiger partial charge in [0.05, 0.1) is 0 Å². The van der Waals surface area contributed by atoms with Crippen molar-refractivity contribution in [2.24, 2.45) is 0 Å². The maximum atomic E-state index is 12.0. The Morgan fingerprint density at radius 2 is 1.72 bits per heavy atom. The van der Waals surface area contributed by atoms with Gasteiger partial charge in [0.15, 0.2) is 5.78 Å². The lowest BCUT2D eigenvalue weighted by atomic mass is 9.90. The molecule has 0 radical (unpaired) electrons. The summed E-state index contributed by atoms with van der Waals surface area (Å²) in [5.41, 5.74) is 0.930. The minimum absolute atomic E-state index is 0.272. The third-order valence-corrected chi connectivity index (χ3v) is 3.28. The van der Waals surface area contributed by atoms with Crippen molar-refractivity contribution in [1.82, 2.24) is 0 Å². The van der Waals surface area contributed by atoms with E-state index in [-0.39, 0.29) is 23.9 Å². The maximum absolute atomic E-state index is 12.0. The van der Waals surface area contributed by atoms with Crippen molar-refractivity contribution in [2.45, 2.75) is 26.2 Å². The Morgan fingerprint density at radius 1 is 1.06 bits per heavy atom. The van der Waals surface area contributed by atoms with Crippen LogP contribution in [0.1, 0.15) is 31.7 Å². The van der Waals surface area contributed by atoms with Gasteiger partial charge in [0.1, 0.15) is 0 Å². The highest BCUT2D eigenvalue weighted by Gasteiger charge is 2.22. The number of fused-ring (bicyclic) bond motifs is 1. The first-order valence-corrected chi connectivity index (χ1v) is 6.19. The van der Waals surface area contributed by atoms with Gasteiger partial charge in [-0.2, -0.15) is 0 Å². The van der Waals surface area contributed by atoms with Crippen LogP contribution in [0, 0.1) is 0 Å². The smallest absolute Gasteiger partial charge is 0.205 e. The van der Waals surface area contributed by atoms with E-state index in [2.05, 4.69) is 0 Å². The monoisotopic (exact) mass is 240 g/mol. The van der Waals surface area contributed by atoms with Gasteiger partial charge in [-0.1, -0.05) is 56.3 Å². The minimum atomic E-state index is -0.372. The molecule has 92 valence electrons. The molecule has 0 amide bonds. The molecule has 0 aliphatic heterocycles. The summed E-state index contributed by atoms with van der Waals surface area (Å²) >= 11 is 0. The number of Topliss-reactive ketones (excluding diaryl/α,β-unsaturated/α-hetero) is 2. The van der Waals surface area contributed by atoms with Crippen molar-refractivity contribution < 1.29 is 9.59 Å².